The van der Waals surface area contributed by atoms with E-state index in [1.807, 2.05) is 0 Å². The van der Waals surface area contributed by atoms with E-state index in [4.69, 9.17) is 11.1 Å². The molecular formula is C10H19N3O2. The van der Waals surface area contributed by atoms with Crippen LogP contribution in [0.1, 0.15) is 19.3 Å². The topological polar surface area (TPSA) is 93.6 Å². The summed E-state index contributed by atoms with van der Waals surface area (Å²) in [7, 11) is 0. The Morgan fingerprint density at radius 2 is 1.87 bits per heavy atom. The van der Waals surface area contributed by atoms with E-state index in [1.165, 1.54) is 0 Å². The van der Waals surface area contributed by atoms with Crippen LogP contribution in [-0.4, -0.2) is 52.8 Å². The highest BCUT2D eigenvalue weighted by Gasteiger charge is 2.46. The van der Waals surface area contributed by atoms with Gasteiger partial charge in [0, 0.05) is 26.1 Å². The first-order chi connectivity index (χ1) is 7.01. The summed E-state index contributed by atoms with van der Waals surface area (Å²) in [5, 5.41) is 26.1. The van der Waals surface area contributed by atoms with Gasteiger partial charge in [-0.2, -0.15) is 0 Å². The lowest BCUT2D eigenvalue weighted by Gasteiger charge is -2.22. The Hall–Kier alpha value is -0.650. The summed E-state index contributed by atoms with van der Waals surface area (Å²) < 4.78 is 0. The van der Waals surface area contributed by atoms with Crippen molar-refractivity contribution in [3.8, 4) is 0 Å². The molecule has 0 aromatic rings. The van der Waals surface area contributed by atoms with Crippen molar-refractivity contribution >= 4 is 5.84 Å². The molecule has 0 amide bonds. The van der Waals surface area contributed by atoms with Gasteiger partial charge in [0.2, 0.25) is 0 Å². The van der Waals surface area contributed by atoms with Gasteiger partial charge in [-0.25, -0.2) is 0 Å². The Kier molecular flexibility index (Phi) is 2.70. The van der Waals surface area contributed by atoms with E-state index in [0.29, 0.717) is 19.5 Å². The number of nitrogens with two attached hydrogens (primary N) is 1. The van der Waals surface area contributed by atoms with E-state index in [0.717, 1.165) is 19.4 Å². The number of β-amino-alcohol motifs (C(OH)–C–C–N with tert-alkyl or cyclic N) is 2. The number of nitrogens with zero attached hydrogens (tertiary/aromatic N) is 1. The van der Waals surface area contributed by atoms with Gasteiger partial charge in [0.05, 0.1) is 18.0 Å². The number of aliphatic hydroxyl groups is 2. The van der Waals surface area contributed by atoms with E-state index < -0.39 is 12.2 Å². The molecule has 2 rings (SSSR count). The van der Waals surface area contributed by atoms with Crippen LogP contribution < -0.4 is 5.73 Å². The second-order valence-electron chi connectivity index (χ2n) is 5.03. The van der Waals surface area contributed by atoms with Crippen molar-refractivity contribution < 1.29 is 10.2 Å². The van der Waals surface area contributed by atoms with Crippen LogP contribution >= 0.6 is 0 Å². The quantitative estimate of drug-likeness (QED) is 0.361. The fourth-order valence-electron chi connectivity index (χ4n) is 2.42. The maximum atomic E-state index is 9.41. The van der Waals surface area contributed by atoms with Crippen LogP contribution in [0.3, 0.4) is 0 Å². The van der Waals surface area contributed by atoms with Crippen LogP contribution in [0.4, 0.5) is 0 Å². The molecule has 2 unspecified atom stereocenters. The molecular weight excluding hydrogens is 194 g/mol. The Labute approximate surface area is 89.4 Å². The minimum atomic E-state index is -0.613. The Balaban J connectivity index is 1.85. The lowest BCUT2D eigenvalue weighted by molar-refractivity contribution is 0.0572. The van der Waals surface area contributed by atoms with E-state index in [-0.39, 0.29) is 11.3 Å². The van der Waals surface area contributed by atoms with Crippen LogP contribution in [0.15, 0.2) is 0 Å². The standard InChI is InChI=1S/C10H19N3O2/c11-9(12)3-10(1-2-10)6-13-4-7(14)8(15)5-13/h7-8,14-15H,1-6H2,(H3,11,12). The largest absolute Gasteiger partial charge is 0.389 e. The van der Waals surface area contributed by atoms with E-state index in [9.17, 15) is 10.2 Å². The van der Waals surface area contributed by atoms with Gasteiger partial charge in [0.1, 0.15) is 0 Å². The summed E-state index contributed by atoms with van der Waals surface area (Å²) in [5.41, 5.74) is 5.58. The minimum Gasteiger partial charge on any atom is -0.389 e. The molecule has 1 aliphatic heterocycles. The predicted octanol–water partition coefficient (Wildman–Crippen LogP) is -0.870. The molecule has 0 radical (unpaired) electrons. The molecule has 1 aliphatic carbocycles. The molecule has 15 heavy (non-hydrogen) atoms. The summed E-state index contributed by atoms with van der Waals surface area (Å²) in [6, 6.07) is 0. The molecule has 0 spiro atoms. The van der Waals surface area contributed by atoms with Gasteiger partial charge in [0.25, 0.3) is 0 Å². The number of rotatable bonds is 4. The zero-order valence-electron chi connectivity index (χ0n) is 8.82. The van der Waals surface area contributed by atoms with Crippen molar-refractivity contribution in [3.63, 3.8) is 0 Å². The average molecular weight is 213 g/mol. The average Bonchev–Trinajstić information content (AvgIpc) is 2.75. The predicted molar refractivity (Wildman–Crippen MR) is 56.7 cm³/mol. The van der Waals surface area contributed by atoms with Gasteiger partial charge >= 0.3 is 0 Å². The first kappa shape index (κ1) is 10.9. The molecule has 1 saturated carbocycles. The van der Waals surface area contributed by atoms with Crippen molar-refractivity contribution in [2.75, 3.05) is 19.6 Å². The number of hydrogen-bond acceptors (Lipinski definition) is 4. The van der Waals surface area contributed by atoms with Crippen LogP contribution in [-0.2, 0) is 0 Å². The third kappa shape index (κ3) is 2.48. The molecule has 0 aromatic carbocycles. The molecule has 2 atom stereocenters. The van der Waals surface area contributed by atoms with Crippen molar-refractivity contribution in [3.05, 3.63) is 0 Å². The van der Waals surface area contributed by atoms with Gasteiger partial charge in [-0.1, -0.05) is 0 Å². The molecule has 0 aromatic heterocycles. The smallest absolute Gasteiger partial charge is 0.0938 e. The zero-order chi connectivity index (χ0) is 11.1. The lowest BCUT2D eigenvalue weighted by atomic mass is 10.0. The van der Waals surface area contributed by atoms with Crippen molar-refractivity contribution in [1.29, 1.82) is 5.41 Å². The Bertz CT molecular complexity index is 255. The van der Waals surface area contributed by atoms with Crippen molar-refractivity contribution in [2.24, 2.45) is 11.1 Å². The minimum absolute atomic E-state index is 0.162. The van der Waals surface area contributed by atoms with Crippen LogP contribution in [0.5, 0.6) is 0 Å². The van der Waals surface area contributed by atoms with Gasteiger partial charge in [0.15, 0.2) is 0 Å². The van der Waals surface area contributed by atoms with E-state index in [1.54, 1.807) is 0 Å². The van der Waals surface area contributed by atoms with Crippen LogP contribution in [0, 0.1) is 10.8 Å². The molecule has 2 aliphatic rings. The van der Waals surface area contributed by atoms with Gasteiger partial charge in [-0.05, 0) is 18.3 Å². The number of amidine groups is 1. The molecule has 1 heterocycles. The monoisotopic (exact) mass is 213 g/mol. The first-order valence-electron chi connectivity index (χ1n) is 5.42. The summed E-state index contributed by atoms with van der Waals surface area (Å²) in [6.45, 7) is 1.93. The molecule has 2 fully saturated rings. The third-order valence-corrected chi connectivity index (χ3v) is 3.42. The van der Waals surface area contributed by atoms with Gasteiger partial charge in [-0.15, -0.1) is 0 Å². The summed E-state index contributed by atoms with van der Waals surface area (Å²) >= 11 is 0. The fraction of sp³-hybridized carbons (Fsp3) is 0.900. The Morgan fingerprint density at radius 3 is 2.27 bits per heavy atom. The number of nitrogens with one attached hydrogen (secondary N) is 1. The molecule has 86 valence electrons. The van der Waals surface area contributed by atoms with Gasteiger partial charge in [-0.3, -0.25) is 10.3 Å². The third-order valence-electron chi connectivity index (χ3n) is 3.42. The summed E-state index contributed by atoms with van der Waals surface area (Å²) in [6.07, 6.45) is 1.64. The highest BCUT2D eigenvalue weighted by atomic mass is 16.3. The normalized spacial score (nSPS) is 34.3. The highest BCUT2D eigenvalue weighted by molar-refractivity contribution is 5.78. The van der Waals surface area contributed by atoms with E-state index >= 15 is 0 Å². The molecule has 1 saturated heterocycles. The zero-order valence-corrected chi connectivity index (χ0v) is 8.82. The molecule has 5 N–H and O–H groups in total. The lowest BCUT2D eigenvalue weighted by Crippen LogP contribution is -2.32. The van der Waals surface area contributed by atoms with Crippen LogP contribution in [0.2, 0.25) is 0 Å². The Morgan fingerprint density at radius 1 is 1.33 bits per heavy atom. The molecule has 5 nitrogen and oxygen atoms in total. The van der Waals surface area contributed by atoms with Gasteiger partial charge < -0.3 is 15.9 Å². The summed E-state index contributed by atoms with van der Waals surface area (Å²) in [5.74, 6) is 0.243. The second-order valence-corrected chi connectivity index (χ2v) is 5.03. The molecule has 0 bridgehead atoms. The van der Waals surface area contributed by atoms with Crippen molar-refractivity contribution in [1.82, 2.24) is 4.90 Å². The highest BCUT2D eigenvalue weighted by Crippen LogP contribution is 2.49. The number of hydrogen-bond donors (Lipinski definition) is 4. The van der Waals surface area contributed by atoms with Crippen molar-refractivity contribution in [2.45, 2.75) is 31.5 Å². The second kappa shape index (κ2) is 3.73. The number of aliphatic hydroxyl groups excluding tert-OH is 2. The van der Waals surface area contributed by atoms with Crippen LogP contribution in [0.25, 0.3) is 0 Å². The maximum Gasteiger partial charge on any atom is 0.0938 e. The number of likely N-dealkylation sites (tertiary alicyclic amines) is 1. The van der Waals surface area contributed by atoms with E-state index in [2.05, 4.69) is 4.90 Å². The summed E-state index contributed by atoms with van der Waals surface area (Å²) in [4.78, 5) is 2.07. The fourth-order valence-corrected chi connectivity index (χ4v) is 2.42. The molecule has 5 heteroatoms. The SMILES string of the molecule is N=C(N)CC1(CN2CC(O)C(O)C2)CC1. The first-order valence-corrected chi connectivity index (χ1v) is 5.42. The maximum absolute atomic E-state index is 9.41.